The number of carbonyl (C=O) groups excluding carboxylic acids is 1. The summed E-state index contributed by atoms with van der Waals surface area (Å²) in [4.78, 5) is 12.8. The summed E-state index contributed by atoms with van der Waals surface area (Å²) in [7, 11) is 0. The normalized spacial score (nSPS) is 12.0. The molecule has 0 saturated carbocycles. The van der Waals surface area contributed by atoms with Crippen LogP contribution >= 0.6 is 23.1 Å². The summed E-state index contributed by atoms with van der Waals surface area (Å²) in [5.74, 6) is -0.248. The first kappa shape index (κ1) is 18.5. The standard InChI is InChI=1S/C19H19ClN4OS/c1-12(15-6-4-3-5-7-15)21-11-14-8-9-16(20)17(10-14)22-19(25)18-13(2)23-24-26-18/h3-10,12,21H,11H2,1-2H3,(H,22,25). The van der Waals surface area contributed by atoms with Crippen molar-refractivity contribution in [3.8, 4) is 0 Å². The highest BCUT2D eigenvalue weighted by atomic mass is 35.5. The molecule has 3 aromatic rings. The van der Waals surface area contributed by atoms with Crippen molar-refractivity contribution in [1.29, 1.82) is 0 Å². The second kappa shape index (κ2) is 8.40. The maximum Gasteiger partial charge on any atom is 0.269 e. The Kier molecular flexibility index (Phi) is 5.98. The molecule has 26 heavy (non-hydrogen) atoms. The number of anilines is 1. The Labute approximate surface area is 161 Å². The summed E-state index contributed by atoms with van der Waals surface area (Å²) >= 11 is 7.31. The Morgan fingerprint density at radius 1 is 1.23 bits per heavy atom. The van der Waals surface area contributed by atoms with Crippen LogP contribution in [0, 0.1) is 6.92 Å². The molecule has 2 aromatic carbocycles. The number of amides is 1. The molecule has 3 rings (SSSR count). The number of benzene rings is 2. The van der Waals surface area contributed by atoms with Gasteiger partial charge in [0.1, 0.15) is 4.88 Å². The van der Waals surface area contributed by atoms with Crippen LogP contribution in [0.3, 0.4) is 0 Å². The first-order chi connectivity index (χ1) is 12.5. The highest BCUT2D eigenvalue weighted by Crippen LogP contribution is 2.25. The Balaban J connectivity index is 1.67. The third-order valence-corrected chi connectivity index (χ3v) is 5.20. The highest BCUT2D eigenvalue weighted by Gasteiger charge is 2.15. The van der Waals surface area contributed by atoms with Gasteiger partial charge in [-0.15, -0.1) is 5.10 Å². The van der Waals surface area contributed by atoms with Crippen molar-refractivity contribution in [2.45, 2.75) is 26.4 Å². The average Bonchev–Trinajstić information content (AvgIpc) is 3.09. The van der Waals surface area contributed by atoms with Crippen molar-refractivity contribution in [2.75, 3.05) is 5.32 Å². The van der Waals surface area contributed by atoms with Gasteiger partial charge < -0.3 is 10.6 Å². The zero-order chi connectivity index (χ0) is 18.5. The molecular formula is C19H19ClN4OS. The number of rotatable bonds is 6. The van der Waals surface area contributed by atoms with E-state index in [9.17, 15) is 4.79 Å². The van der Waals surface area contributed by atoms with E-state index < -0.39 is 0 Å². The molecule has 0 aliphatic heterocycles. The molecular weight excluding hydrogens is 368 g/mol. The van der Waals surface area contributed by atoms with E-state index in [-0.39, 0.29) is 11.9 Å². The molecule has 0 aliphatic carbocycles. The maximum absolute atomic E-state index is 12.4. The smallest absolute Gasteiger partial charge is 0.269 e. The average molecular weight is 387 g/mol. The van der Waals surface area contributed by atoms with Crippen molar-refractivity contribution in [1.82, 2.24) is 14.9 Å². The van der Waals surface area contributed by atoms with Gasteiger partial charge in [-0.05, 0) is 48.6 Å². The second-order valence-corrected chi connectivity index (χ2v) is 7.13. The van der Waals surface area contributed by atoms with E-state index in [0.717, 1.165) is 17.1 Å². The molecule has 2 N–H and O–H groups in total. The van der Waals surface area contributed by atoms with E-state index in [4.69, 9.17) is 11.6 Å². The Morgan fingerprint density at radius 3 is 2.69 bits per heavy atom. The van der Waals surface area contributed by atoms with E-state index >= 15 is 0 Å². The van der Waals surface area contributed by atoms with E-state index in [0.29, 0.717) is 27.8 Å². The lowest BCUT2D eigenvalue weighted by molar-refractivity contribution is 0.103. The number of aryl methyl sites for hydroxylation is 1. The van der Waals surface area contributed by atoms with Gasteiger partial charge in [-0.25, -0.2) is 0 Å². The van der Waals surface area contributed by atoms with Gasteiger partial charge in [0.2, 0.25) is 0 Å². The topological polar surface area (TPSA) is 66.9 Å². The minimum Gasteiger partial charge on any atom is -0.320 e. The quantitative estimate of drug-likeness (QED) is 0.649. The molecule has 5 nitrogen and oxygen atoms in total. The first-order valence-corrected chi connectivity index (χ1v) is 9.37. The summed E-state index contributed by atoms with van der Waals surface area (Å²) in [6, 6.07) is 16.1. The van der Waals surface area contributed by atoms with Crippen LogP contribution in [0.1, 0.15) is 39.5 Å². The number of hydrogen-bond acceptors (Lipinski definition) is 5. The van der Waals surface area contributed by atoms with Crippen molar-refractivity contribution < 1.29 is 4.79 Å². The molecule has 1 aromatic heterocycles. The molecule has 1 amide bonds. The second-order valence-electron chi connectivity index (χ2n) is 5.97. The Hall–Kier alpha value is -2.28. The van der Waals surface area contributed by atoms with Gasteiger partial charge in [0, 0.05) is 12.6 Å². The number of nitrogens with one attached hydrogen (secondary N) is 2. The summed E-state index contributed by atoms with van der Waals surface area (Å²) < 4.78 is 3.79. The van der Waals surface area contributed by atoms with Crippen LogP contribution in [0.5, 0.6) is 0 Å². The van der Waals surface area contributed by atoms with Crippen LogP contribution in [0.4, 0.5) is 5.69 Å². The minimum atomic E-state index is -0.248. The number of carbonyl (C=O) groups is 1. The van der Waals surface area contributed by atoms with E-state index in [1.165, 1.54) is 5.56 Å². The van der Waals surface area contributed by atoms with Crippen LogP contribution in [0.25, 0.3) is 0 Å². The predicted molar refractivity (Wildman–Crippen MR) is 106 cm³/mol. The number of aromatic nitrogens is 2. The fourth-order valence-corrected chi connectivity index (χ4v) is 3.24. The van der Waals surface area contributed by atoms with E-state index in [2.05, 4.69) is 39.3 Å². The van der Waals surface area contributed by atoms with Gasteiger partial charge >= 0.3 is 0 Å². The maximum atomic E-state index is 12.4. The lowest BCUT2D eigenvalue weighted by Crippen LogP contribution is -2.18. The van der Waals surface area contributed by atoms with Crippen LogP contribution in [0.2, 0.25) is 5.02 Å². The summed E-state index contributed by atoms with van der Waals surface area (Å²) in [6.07, 6.45) is 0. The third kappa shape index (κ3) is 4.46. The molecule has 0 bridgehead atoms. The van der Waals surface area contributed by atoms with Crippen molar-refractivity contribution in [3.05, 3.63) is 75.3 Å². The fraction of sp³-hybridized carbons (Fsp3) is 0.211. The summed E-state index contributed by atoms with van der Waals surface area (Å²) in [5, 5.41) is 10.7. The number of halogens is 1. The minimum absolute atomic E-state index is 0.218. The zero-order valence-corrected chi connectivity index (χ0v) is 16.1. The largest absolute Gasteiger partial charge is 0.320 e. The molecule has 0 spiro atoms. The lowest BCUT2D eigenvalue weighted by Gasteiger charge is -2.15. The van der Waals surface area contributed by atoms with Gasteiger partial charge in [-0.2, -0.15) is 0 Å². The van der Waals surface area contributed by atoms with E-state index in [1.807, 2.05) is 30.3 Å². The molecule has 0 aliphatic rings. The molecule has 1 heterocycles. The van der Waals surface area contributed by atoms with Gasteiger partial charge in [0.25, 0.3) is 5.91 Å². The molecule has 1 unspecified atom stereocenters. The fourth-order valence-electron chi connectivity index (χ4n) is 2.53. The number of nitrogens with zero attached hydrogens (tertiary/aromatic N) is 2. The number of hydrogen-bond donors (Lipinski definition) is 2. The highest BCUT2D eigenvalue weighted by molar-refractivity contribution is 7.08. The SMILES string of the molecule is Cc1nnsc1C(=O)Nc1cc(CNC(C)c2ccccc2)ccc1Cl. The van der Waals surface area contributed by atoms with Gasteiger partial charge in [0.15, 0.2) is 0 Å². The van der Waals surface area contributed by atoms with Crippen LogP contribution < -0.4 is 10.6 Å². The predicted octanol–water partition coefficient (Wildman–Crippen LogP) is 4.60. The Bertz CT molecular complexity index is 898. The van der Waals surface area contributed by atoms with Crippen LogP contribution in [0.15, 0.2) is 48.5 Å². The van der Waals surface area contributed by atoms with Crippen LogP contribution in [-0.2, 0) is 6.54 Å². The molecule has 0 fully saturated rings. The summed E-state index contributed by atoms with van der Waals surface area (Å²) in [5.41, 5.74) is 3.45. The van der Waals surface area contributed by atoms with Crippen LogP contribution in [-0.4, -0.2) is 15.5 Å². The molecule has 7 heteroatoms. The first-order valence-electron chi connectivity index (χ1n) is 8.21. The molecule has 134 valence electrons. The van der Waals surface area contributed by atoms with Crippen molar-refractivity contribution in [2.24, 2.45) is 0 Å². The summed E-state index contributed by atoms with van der Waals surface area (Å²) in [6.45, 7) is 4.54. The zero-order valence-electron chi connectivity index (χ0n) is 14.5. The van der Waals surface area contributed by atoms with Crippen molar-refractivity contribution >= 4 is 34.7 Å². The third-order valence-electron chi connectivity index (χ3n) is 4.05. The molecule has 1 atom stereocenters. The van der Waals surface area contributed by atoms with Crippen molar-refractivity contribution in [3.63, 3.8) is 0 Å². The molecule has 0 saturated heterocycles. The van der Waals surface area contributed by atoms with Gasteiger partial charge in [-0.1, -0.05) is 52.5 Å². The Morgan fingerprint density at radius 2 is 2.00 bits per heavy atom. The van der Waals surface area contributed by atoms with Gasteiger partial charge in [0.05, 0.1) is 16.4 Å². The lowest BCUT2D eigenvalue weighted by atomic mass is 10.1. The van der Waals surface area contributed by atoms with E-state index in [1.54, 1.807) is 13.0 Å². The van der Waals surface area contributed by atoms with Gasteiger partial charge in [-0.3, -0.25) is 4.79 Å². The molecule has 0 radical (unpaired) electrons. The monoisotopic (exact) mass is 386 g/mol.